The van der Waals surface area contributed by atoms with Crippen LogP contribution in [-0.2, 0) is 6.67 Å². The maximum Gasteiger partial charge on any atom is 0.295 e. The number of fused-ring (bicyclic) bond motifs is 1. The van der Waals surface area contributed by atoms with Gasteiger partial charge in [-0.25, -0.2) is 0 Å². The van der Waals surface area contributed by atoms with Crippen LogP contribution < -0.4 is 0 Å². The van der Waals surface area contributed by atoms with E-state index in [0.717, 1.165) is 10.9 Å². The van der Waals surface area contributed by atoms with Gasteiger partial charge in [0.1, 0.15) is 0 Å². The van der Waals surface area contributed by atoms with Crippen molar-refractivity contribution in [1.82, 2.24) is 9.47 Å². The highest BCUT2D eigenvalue weighted by Gasteiger charge is 2.17. The predicted octanol–water partition coefficient (Wildman–Crippen LogP) is 3.79. The first-order chi connectivity index (χ1) is 11.6. The minimum Gasteiger partial charge on any atom is -0.493 e. The van der Waals surface area contributed by atoms with Crippen LogP contribution in [0.4, 0.5) is 5.69 Å². The van der Waals surface area contributed by atoms with E-state index in [2.05, 4.69) is 10.2 Å². The van der Waals surface area contributed by atoms with E-state index < -0.39 is 5.91 Å². The molecule has 6 heteroatoms. The van der Waals surface area contributed by atoms with E-state index in [4.69, 9.17) is 0 Å². The van der Waals surface area contributed by atoms with Crippen molar-refractivity contribution in [2.75, 3.05) is 14.1 Å². The minimum atomic E-state index is -0.445. The van der Waals surface area contributed by atoms with Crippen LogP contribution in [0.2, 0.25) is 0 Å². The number of aromatic nitrogens is 1. The van der Waals surface area contributed by atoms with Crippen LogP contribution in [0, 0.1) is 0 Å². The lowest BCUT2D eigenvalue weighted by Gasteiger charge is -2.12. The summed E-state index contributed by atoms with van der Waals surface area (Å²) in [5, 5.41) is 19.1. The molecule has 0 fully saturated rings. The van der Waals surface area contributed by atoms with Crippen molar-refractivity contribution in [3.63, 3.8) is 0 Å². The van der Waals surface area contributed by atoms with Gasteiger partial charge in [0.15, 0.2) is 5.69 Å². The van der Waals surface area contributed by atoms with Crippen molar-refractivity contribution in [2.45, 2.75) is 6.67 Å². The second-order valence-corrected chi connectivity index (χ2v) is 5.71. The number of para-hydroxylation sites is 1. The van der Waals surface area contributed by atoms with E-state index in [-0.39, 0.29) is 5.88 Å². The highest BCUT2D eigenvalue weighted by atomic mass is 16.3. The second kappa shape index (κ2) is 6.64. The Morgan fingerprint density at radius 1 is 1.08 bits per heavy atom. The molecule has 0 aliphatic carbocycles. The molecule has 0 spiro atoms. The summed E-state index contributed by atoms with van der Waals surface area (Å²) in [7, 11) is 3.82. The van der Waals surface area contributed by atoms with E-state index >= 15 is 0 Å². The molecule has 1 amide bonds. The molecule has 6 nitrogen and oxygen atoms in total. The molecule has 0 saturated carbocycles. The van der Waals surface area contributed by atoms with E-state index in [0.29, 0.717) is 17.9 Å². The van der Waals surface area contributed by atoms with E-state index in [1.54, 1.807) is 28.8 Å². The van der Waals surface area contributed by atoms with Crippen LogP contribution in [0.15, 0.2) is 64.8 Å². The van der Waals surface area contributed by atoms with Crippen molar-refractivity contribution in [2.24, 2.45) is 10.2 Å². The lowest BCUT2D eigenvalue weighted by Crippen LogP contribution is -2.16. The van der Waals surface area contributed by atoms with Crippen LogP contribution in [0.1, 0.15) is 10.4 Å². The highest BCUT2D eigenvalue weighted by Crippen LogP contribution is 2.38. The monoisotopic (exact) mass is 322 g/mol. The number of hydrogen-bond donors (Lipinski definition) is 1. The van der Waals surface area contributed by atoms with E-state index in [9.17, 15) is 9.90 Å². The molecular formula is C18H18N4O2. The van der Waals surface area contributed by atoms with Gasteiger partial charge in [-0.05, 0) is 32.3 Å². The van der Waals surface area contributed by atoms with Gasteiger partial charge in [0, 0.05) is 10.9 Å². The van der Waals surface area contributed by atoms with Crippen molar-refractivity contribution in [3.8, 4) is 5.88 Å². The summed E-state index contributed by atoms with van der Waals surface area (Å²) in [5.74, 6) is -0.450. The lowest BCUT2D eigenvalue weighted by atomic mass is 10.2. The first kappa shape index (κ1) is 15.9. The van der Waals surface area contributed by atoms with Gasteiger partial charge in [-0.1, -0.05) is 36.4 Å². The molecule has 1 heterocycles. The third-order valence-corrected chi connectivity index (χ3v) is 3.60. The number of benzene rings is 2. The molecule has 0 atom stereocenters. The Kier molecular flexibility index (Phi) is 4.39. The van der Waals surface area contributed by atoms with Crippen molar-refractivity contribution < 1.29 is 9.90 Å². The minimum absolute atomic E-state index is 0.00508. The van der Waals surface area contributed by atoms with E-state index in [1.165, 1.54) is 0 Å². The van der Waals surface area contributed by atoms with E-state index in [1.807, 2.05) is 49.3 Å². The standard InChI is InChI=1S/C18H18N4O2/c1-21(2)12-22-15-11-7-6-10-14(15)16(18(22)24)19-20-17(23)13-8-4-3-5-9-13/h3-11,24H,12H2,1-2H3. The van der Waals surface area contributed by atoms with Crippen molar-refractivity contribution in [3.05, 3.63) is 60.2 Å². The summed E-state index contributed by atoms with van der Waals surface area (Å²) in [4.78, 5) is 14.0. The second-order valence-electron chi connectivity index (χ2n) is 5.71. The number of amides is 1. The Hall–Kier alpha value is -2.99. The number of aromatic hydroxyl groups is 1. The Balaban J connectivity index is 2.02. The zero-order valence-corrected chi connectivity index (χ0v) is 13.5. The first-order valence-corrected chi connectivity index (χ1v) is 7.54. The molecule has 2 aromatic carbocycles. The molecule has 3 rings (SSSR count). The SMILES string of the molecule is CN(C)Cn1c(O)c(N=NC(=O)c2ccccc2)c2ccccc21. The Bertz CT molecular complexity index is 898. The normalized spacial score (nSPS) is 11.6. The average Bonchev–Trinajstić information content (AvgIpc) is 2.85. The summed E-state index contributed by atoms with van der Waals surface area (Å²) in [5.41, 5.74) is 1.60. The van der Waals surface area contributed by atoms with Gasteiger partial charge in [-0.2, -0.15) is 0 Å². The Labute approximate surface area is 139 Å². The number of azo groups is 1. The number of rotatable bonds is 4. The fourth-order valence-electron chi connectivity index (χ4n) is 2.53. The molecule has 0 bridgehead atoms. The Morgan fingerprint density at radius 2 is 1.75 bits per heavy atom. The summed E-state index contributed by atoms with van der Waals surface area (Å²) < 4.78 is 1.73. The van der Waals surface area contributed by atoms with Crippen LogP contribution >= 0.6 is 0 Å². The molecule has 3 aromatic rings. The number of carbonyl (C=O) groups excluding carboxylic acids is 1. The number of carbonyl (C=O) groups is 1. The maximum atomic E-state index is 12.1. The van der Waals surface area contributed by atoms with Crippen LogP contribution in [0.25, 0.3) is 10.9 Å². The maximum absolute atomic E-state index is 12.1. The number of nitrogens with zero attached hydrogens (tertiary/aromatic N) is 4. The summed E-state index contributed by atoms with van der Waals surface area (Å²) in [6, 6.07) is 16.2. The third kappa shape index (κ3) is 3.04. The molecule has 122 valence electrons. The van der Waals surface area contributed by atoms with Gasteiger partial charge in [0.25, 0.3) is 5.91 Å². The van der Waals surface area contributed by atoms with Gasteiger partial charge in [-0.3, -0.25) is 14.3 Å². The van der Waals surface area contributed by atoms with Gasteiger partial charge in [0.2, 0.25) is 5.88 Å². The molecular weight excluding hydrogens is 304 g/mol. The highest BCUT2D eigenvalue weighted by molar-refractivity contribution is 5.97. The summed E-state index contributed by atoms with van der Waals surface area (Å²) in [6.07, 6.45) is 0. The zero-order valence-electron chi connectivity index (χ0n) is 13.5. The molecule has 0 aliphatic rings. The van der Waals surface area contributed by atoms with Gasteiger partial charge < -0.3 is 5.11 Å². The average molecular weight is 322 g/mol. The van der Waals surface area contributed by atoms with Crippen LogP contribution in [-0.4, -0.2) is 34.6 Å². The lowest BCUT2D eigenvalue weighted by molar-refractivity contribution is 0.0995. The Morgan fingerprint density at radius 3 is 2.46 bits per heavy atom. The largest absolute Gasteiger partial charge is 0.493 e. The fraction of sp³-hybridized carbons (Fsp3) is 0.167. The third-order valence-electron chi connectivity index (χ3n) is 3.60. The van der Waals surface area contributed by atoms with Crippen molar-refractivity contribution in [1.29, 1.82) is 0 Å². The van der Waals surface area contributed by atoms with Crippen molar-refractivity contribution >= 4 is 22.5 Å². The summed E-state index contributed by atoms with van der Waals surface area (Å²) >= 11 is 0. The molecule has 1 N–H and O–H groups in total. The van der Waals surface area contributed by atoms with Crippen LogP contribution in [0.5, 0.6) is 5.88 Å². The fourth-order valence-corrected chi connectivity index (χ4v) is 2.53. The molecule has 0 unspecified atom stereocenters. The van der Waals surface area contributed by atoms with Gasteiger partial charge in [0.05, 0.1) is 12.2 Å². The zero-order chi connectivity index (χ0) is 17.1. The quantitative estimate of drug-likeness (QED) is 0.743. The topological polar surface area (TPSA) is 70.2 Å². The first-order valence-electron chi connectivity index (χ1n) is 7.54. The van der Waals surface area contributed by atoms with Gasteiger partial charge >= 0.3 is 0 Å². The molecule has 1 aromatic heterocycles. The van der Waals surface area contributed by atoms with Crippen LogP contribution in [0.3, 0.4) is 0 Å². The van der Waals surface area contributed by atoms with Gasteiger partial charge in [-0.15, -0.1) is 10.2 Å². The predicted molar refractivity (Wildman–Crippen MR) is 92.6 cm³/mol. The molecule has 0 saturated heterocycles. The molecule has 0 radical (unpaired) electrons. The molecule has 0 aliphatic heterocycles. The number of hydrogen-bond acceptors (Lipinski definition) is 4. The molecule has 24 heavy (non-hydrogen) atoms. The smallest absolute Gasteiger partial charge is 0.295 e. The summed E-state index contributed by atoms with van der Waals surface area (Å²) in [6.45, 7) is 0.495.